The smallest absolute Gasteiger partial charge is 0.265 e. The molecule has 1 aromatic heterocycles. The summed E-state index contributed by atoms with van der Waals surface area (Å²) >= 11 is 0. The van der Waals surface area contributed by atoms with Gasteiger partial charge in [0.1, 0.15) is 0 Å². The van der Waals surface area contributed by atoms with E-state index in [4.69, 9.17) is 0 Å². The number of pyridine rings is 1. The fraction of sp³-hybridized carbons (Fsp3) is 0.385. The van der Waals surface area contributed by atoms with Crippen molar-refractivity contribution >= 4 is 23.2 Å². The van der Waals surface area contributed by atoms with Gasteiger partial charge in [-0.25, -0.2) is 0 Å². The number of hydrogen-bond donors (Lipinski definition) is 2. The summed E-state index contributed by atoms with van der Waals surface area (Å²) in [6.07, 6.45) is 8.46. The third-order valence-electron chi connectivity index (χ3n) is 7.16. The molecule has 1 saturated heterocycles. The molecule has 2 amide bonds. The Morgan fingerprint density at radius 2 is 2.00 bits per heavy atom. The minimum atomic E-state index is -0.610. The van der Waals surface area contributed by atoms with Crippen LogP contribution in [0.25, 0.3) is 0 Å². The monoisotopic (exact) mass is 471 g/mol. The zero-order valence-electron chi connectivity index (χ0n) is 20.2. The maximum Gasteiger partial charge on any atom is 0.265 e. The number of fused-ring (bicyclic) bond motifs is 1. The summed E-state index contributed by atoms with van der Waals surface area (Å²) in [7, 11) is 1.89. The molecule has 5 rings (SSSR count). The topological polar surface area (TPSA) is 105 Å². The number of likely N-dealkylation sites (tertiary alicyclic amines) is 1. The number of aromatic nitrogens is 1. The van der Waals surface area contributed by atoms with E-state index in [1.54, 1.807) is 41.7 Å². The number of nitrogens with one attached hydrogen (secondary N) is 2. The summed E-state index contributed by atoms with van der Waals surface area (Å²) in [5.41, 5.74) is 2.93. The van der Waals surface area contributed by atoms with Gasteiger partial charge >= 0.3 is 0 Å². The van der Waals surface area contributed by atoms with Crippen LogP contribution >= 0.6 is 0 Å². The molecule has 0 bridgehead atoms. The summed E-state index contributed by atoms with van der Waals surface area (Å²) in [5, 5.41) is 15.9. The molecule has 9 nitrogen and oxygen atoms in total. The van der Waals surface area contributed by atoms with Gasteiger partial charge in [0, 0.05) is 44.1 Å². The molecular formula is C26H29N7O2. The predicted molar refractivity (Wildman–Crippen MR) is 132 cm³/mol. The molecule has 2 aromatic rings. The molecular weight excluding hydrogens is 442 g/mol. The molecule has 1 fully saturated rings. The van der Waals surface area contributed by atoms with E-state index in [0.29, 0.717) is 29.9 Å². The quantitative estimate of drug-likeness (QED) is 0.706. The molecule has 0 spiro atoms. The average Bonchev–Trinajstić information content (AvgIpc) is 3.37. The molecule has 0 radical (unpaired) electrons. The van der Waals surface area contributed by atoms with Crippen LogP contribution in [0.5, 0.6) is 0 Å². The van der Waals surface area contributed by atoms with Crippen LogP contribution in [0, 0.1) is 11.3 Å². The molecule has 180 valence electrons. The molecule has 4 heterocycles. The number of nitriles is 1. The Balaban J connectivity index is 1.27. The van der Waals surface area contributed by atoms with Crippen molar-refractivity contribution < 1.29 is 9.59 Å². The maximum absolute atomic E-state index is 13.3. The Morgan fingerprint density at radius 3 is 2.69 bits per heavy atom. The predicted octanol–water partition coefficient (Wildman–Crippen LogP) is 2.58. The minimum absolute atomic E-state index is 0.0912. The molecule has 3 aliphatic heterocycles. The summed E-state index contributed by atoms with van der Waals surface area (Å²) in [6, 6.07) is 9.53. The van der Waals surface area contributed by atoms with Gasteiger partial charge in [-0.15, -0.1) is 0 Å². The van der Waals surface area contributed by atoms with E-state index >= 15 is 0 Å². The lowest BCUT2D eigenvalue weighted by atomic mass is 9.92. The molecule has 1 aromatic carbocycles. The Labute approximate surface area is 205 Å². The lowest BCUT2D eigenvalue weighted by molar-refractivity contribution is -0.136. The van der Waals surface area contributed by atoms with Gasteiger partial charge in [0.05, 0.1) is 40.9 Å². The molecule has 1 atom stereocenters. The number of likely N-dealkylation sites (N-methyl/N-ethyl adjacent to an activating group) is 1. The Hall–Kier alpha value is -4.06. The van der Waals surface area contributed by atoms with Crippen LogP contribution in [-0.4, -0.2) is 58.9 Å². The molecule has 1 unspecified atom stereocenters. The van der Waals surface area contributed by atoms with Gasteiger partial charge < -0.3 is 20.4 Å². The average molecular weight is 472 g/mol. The molecule has 2 N–H and O–H groups in total. The van der Waals surface area contributed by atoms with Crippen molar-refractivity contribution in [2.75, 3.05) is 30.4 Å². The molecule has 3 aliphatic rings. The largest absolute Gasteiger partial charge is 0.381 e. The van der Waals surface area contributed by atoms with Crippen LogP contribution in [0.15, 0.2) is 49.1 Å². The lowest BCUT2D eigenvalue weighted by Gasteiger charge is -2.36. The lowest BCUT2D eigenvalue weighted by Crippen LogP contribution is -2.52. The highest BCUT2D eigenvalue weighted by atomic mass is 16.2. The van der Waals surface area contributed by atoms with E-state index in [2.05, 4.69) is 21.7 Å². The molecule has 0 aliphatic carbocycles. The van der Waals surface area contributed by atoms with Crippen molar-refractivity contribution in [3.8, 4) is 6.07 Å². The second-order valence-corrected chi connectivity index (χ2v) is 9.80. The van der Waals surface area contributed by atoms with E-state index < -0.39 is 5.54 Å². The normalized spacial score (nSPS) is 21.0. The third kappa shape index (κ3) is 3.95. The Bertz CT molecular complexity index is 1240. The van der Waals surface area contributed by atoms with Crippen molar-refractivity contribution in [1.29, 1.82) is 5.26 Å². The number of carbonyl (C=O) groups is 2. The number of piperidine rings is 1. The Morgan fingerprint density at radius 1 is 1.23 bits per heavy atom. The SMILES string of the molecule is CN1C=CNC1C(=O)N1CCC(Nc2cncc(N3C(=O)c4ccc(C#N)cc4C3(C)C)c2)CC1. The van der Waals surface area contributed by atoms with E-state index in [-0.39, 0.29) is 24.0 Å². The second kappa shape index (κ2) is 8.62. The van der Waals surface area contributed by atoms with Gasteiger partial charge in [-0.2, -0.15) is 5.26 Å². The summed E-state index contributed by atoms with van der Waals surface area (Å²) in [6.45, 7) is 5.33. The van der Waals surface area contributed by atoms with E-state index in [9.17, 15) is 14.9 Å². The third-order valence-corrected chi connectivity index (χ3v) is 7.16. The number of amides is 2. The van der Waals surface area contributed by atoms with E-state index in [0.717, 1.165) is 24.1 Å². The second-order valence-electron chi connectivity index (χ2n) is 9.80. The summed E-state index contributed by atoms with van der Waals surface area (Å²) in [5.74, 6) is -0.00578. The summed E-state index contributed by atoms with van der Waals surface area (Å²) < 4.78 is 0. The van der Waals surface area contributed by atoms with Crippen LogP contribution in [0.1, 0.15) is 48.2 Å². The van der Waals surface area contributed by atoms with Gasteiger partial charge in [0.25, 0.3) is 11.8 Å². The highest BCUT2D eigenvalue weighted by Gasteiger charge is 2.44. The Kier molecular flexibility index (Phi) is 5.59. The maximum atomic E-state index is 13.3. The number of benzene rings is 1. The van der Waals surface area contributed by atoms with Crippen molar-refractivity contribution in [1.82, 2.24) is 20.1 Å². The van der Waals surface area contributed by atoms with Gasteiger partial charge in [-0.3, -0.25) is 19.5 Å². The first-order valence-corrected chi connectivity index (χ1v) is 11.8. The first-order valence-electron chi connectivity index (χ1n) is 11.8. The van der Waals surface area contributed by atoms with Crippen LogP contribution in [-0.2, 0) is 10.3 Å². The number of hydrogen-bond acceptors (Lipinski definition) is 7. The highest BCUT2D eigenvalue weighted by molar-refractivity contribution is 6.12. The van der Waals surface area contributed by atoms with Crippen molar-refractivity contribution in [2.45, 2.75) is 44.4 Å². The number of carbonyl (C=O) groups excluding carboxylic acids is 2. The van der Waals surface area contributed by atoms with Crippen LogP contribution < -0.4 is 15.5 Å². The van der Waals surface area contributed by atoms with Gasteiger partial charge in [-0.1, -0.05) is 0 Å². The zero-order valence-corrected chi connectivity index (χ0v) is 20.2. The molecule has 35 heavy (non-hydrogen) atoms. The van der Waals surface area contributed by atoms with E-state index in [1.165, 1.54) is 0 Å². The van der Waals surface area contributed by atoms with Gasteiger partial charge in [0.2, 0.25) is 0 Å². The van der Waals surface area contributed by atoms with E-state index in [1.807, 2.05) is 43.0 Å². The molecule has 9 heteroatoms. The number of anilines is 2. The zero-order chi connectivity index (χ0) is 24.7. The van der Waals surface area contributed by atoms with Gasteiger partial charge in [-0.05, 0) is 56.5 Å². The number of rotatable bonds is 4. The first kappa shape index (κ1) is 22.7. The highest BCUT2D eigenvalue weighted by Crippen LogP contribution is 2.42. The molecule has 0 saturated carbocycles. The van der Waals surface area contributed by atoms with Crippen LogP contribution in [0.4, 0.5) is 11.4 Å². The first-order chi connectivity index (χ1) is 16.8. The number of nitrogens with zero attached hydrogens (tertiary/aromatic N) is 5. The van der Waals surface area contributed by atoms with Crippen LogP contribution in [0.2, 0.25) is 0 Å². The summed E-state index contributed by atoms with van der Waals surface area (Å²) in [4.78, 5) is 36.0. The van der Waals surface area contributed by atoms with Crippen LogP contribution in [0.3, 0.4) is 0 Å². The minimum Gasteiger partial charge on any atom is -0.381 e. The van der Waals surface area contributed by atoms with Crippen molar-refractivity contribution in [2.24, 2.45) is 0 Å². The van der Waals surface area contributed by atoms with Crippen molar-refractivity contribution in [3.05, 3.63) is 65.7 Å². The van der Waals surface area contributed by atoms with Crippen molar-refractivity contribution in [3.63, 3.8) is 0 Å². The fourth-order valence-corrected chi connectivity index (χ4v) is 5.22. The standard InChI is InChI=1S/C26H29N7O2/c1-26(2)22-12-17(14-27)4-5-21(22)24(34)33(26)20-13-19(15-28-16-20)30-18-6-9-32(10-7-18)25(35)23-29-8-11-31(23)3/h4-5,8,11-13,15-16,18,23,29-30H,6-7,9-10H2,1-3H3. The van der Waals surface area contributed by atoms with Gasteiger partial charge in [0.15, 0.2) is 6.17 Å². The fourth-order valence-electron chi connectivity index (χ4n) is 5.22.